The number of hydrogen-bond donors (Lipinski definition) is 0. The van der Waals surface area contributed by atoms with Gasteiger partial charge in [0, 0.05) is 24.6 Å². The van der Waals surface area contributed by atoms with E-state index in [0.29, 0.717) is 18.5 Å². The summed E-state index contributed by atoms with van der Waals surface area (Å²) in [5.74, 6) is -0.0108. The molecule has 1 heterocycles. The Bertz CT molecular complexity index is 909. The van der Waals surface area contributed by atoms with Crippen molar-refractivity contribution in [3.63, 3.8) is 0 Å². The maximum atomic E-state index is 12.7. The van der Waals surface area contributed by atoms with Crippen LogP contribution in [0.2, 0.25) is 0 Å². The summed E-state index contributed by atoms with van der Waals surface area (Å²) in [6.07, 6.45) is 5.19. The molecule has 1 fully saturated rings. The van der Waals surface area contributed by atoms with Gasteiger partial charge >= 0.3 is 5.97 Å². The number of esters is 1. The molecule has 1 atom stereocenters. The van der Waals surface area contributed by atoms with E-state index in [0.717, 1.165) is 17.7 Å². The van der Waals surface area contributed by atoms with Crippen LogP contribution in [-0.2, 0) is 9.53 Å². The molecular formula is C25H29NO3. The Kier molecular flexibility index (Phi) is 6.21. The fourth-order valence-corrected chi connectivity index (χ4v) is 3.63. The third-order valence-electron chi connectivity index (χ3n) is 4.93. The highest BCUT2D eigenvalue weighted by Gasteiger charge is 2.29. The van der Waals surface area contributed by atoms with E-state index < -0.39 is 5.60 Å². The first-order valence-corrected chi connectivity index (χ1v) is 10.1. The summed E-state index contributed by atoms with van der Waals surface area (Å²) in [4.78, 5) is 27.2. The molecule has 0 N–H and O–H groups in total. The van der Waals surface area contributed by atoms with Crippen LogP contribution in [0, 0.1) is 0 Å². The van der Waals surface area contributed by atoms with Gasteiger partial charge in [0.2, 0.25) is 5.91 Å². The van der Waals surface area contributed by atoms with Crippen molar-refractivity contribution >= 4 is 23.6 Å². The van der Waals surface area contributed by atoms with Crippen molar-refractivity contribution in [2.75, 3.05) is 11.4 Å². The van der Waals surface area contributed by atoms with E-state index in [1.165, 1.54) is 5.56 Å². The van der Waals surface area contributed by atoms with Crippen LogP contribution in [-0.4, -0.2) is 24.0 Å². The summed E-state index contributed by atoms with van der Waals surface area (Å²) in [6.45, 7) is 8.08. The summed E-state index contributed by atoms with van der Waals surface area (Å²) >= 11 is 0. The number of piperidine rings is 1. The second-order valence-corrected chi connectivity index (χ2v) is 8.47. The molecule has 4 heteroatoms. The van der Waals surface area contributed by atoms with Crippen LogP contribution >= 0.6 is 0 Å². The lowest BCUT2D eigenvalue weighted by atomic mass is 9.90. The topological polar surface area (TPSA) is 46.6 Å². The quantitative estimate of drug-likeness (QED) is 0.639. The number of hydrogen-bond acceptors (Lipinski definition) is 3. The Hall–Kier alpha value is -2.88. The van der Waals surface area contributed by atoms with Gasteiger partial charge in [-0.25, -0.2) is 4.79 Å². The molecule has 0 spiro atoms. The minimum absolute atomic E-state index is 0.0879. The van der Waals surface area contributed by atoms with Gasteiger partial charge in [-0.2, -0.15) is 0 Å². The van der Waals surface area contributed by atoms with Gasteiger partial charge in [-0.1, -0.05) is 42.5 Å². The number of nitrogens with zero attached hydrogens (tertiary/aromatic N) is 1. The van der Waals surface area contributed by atoms with Gasteiger partial charge in [-0.3, -0.25) is 4.79 Å². The maximum Gasteiger partial charge on any atom is 0.338 e. The molecule has 1 aliphatic heterocycles. The summed E-state index contributed by atoms with van der Waals surface area (Å²) in [5.41, 5.74) is 2.74. The van der Waals surface area contributed by atoms with Crippen LogP contribution in [0.4, 0.5) is 5.69 Å². The monoisotopic (exact) mass is 391 g/mol. The zero-order valence-corrected chi connectivity index (χ0v) is 17.6. The SMILES string of the molecule is C/C=C\c1cc(C(=O)OC(C)(C)C)cc(N2CC(c3ccccc3)CCC2=O)c1. The molecule has 29 heavy (non-hydrogen) atoms. The molecular weight excluding hydrogens is 362 g/mol. The van der Waals surface area contributed by atoms with E-state index in [2.05, 4.69) is 12.1 Å². The smallest absolute Gasteiger partial charge is 0.338 e. The van der Waals surface area contributed by atoms with Gasteiger partial charge in [0.25, 0.3) is 0 Å². The van der Waals surface area contributed by atoms with E-state index in [1.807, 2.05) is 69.0 Å². The highest BCUT2D eigenvalue weighted by molar-refractivity contribution is 5.97. The average Bonchev–Trinajstić information content (AvgIpc) is 2.68. The molecule has 0 radical (unpaired) electrons. The second kappa shape index (κ2) is 8.64. The molecule has 0 bridgehead atoms. The van der Waals surface area contributed by atoms with E-state index in [4.69, 9.17) is 4.74 Å². The highest BCUT2D eigenvalue weighted by Crippen LogP contribution is 2.32. The highest BCUT2D eigenvalue weighted by atomic mass is 16.6. The molecule has 1 saturated heterocycles. The predicted molar refractivity (Wildman–Crippen MR) is 117 cm³/mol. The maximum absolute atomic E-state index is 12.7. The molecule has 1 aliphatic rings. The lowest BCUT2D eigenvalue weighted by Crippen LogP contribution is -2.39. The van der Waals surface area contributed by atoms with Gasteiger partial charge in [0.15, 0.2) is 0 Å². The third-order valence-corrected chi connectivity index (χ3v) is 4.93. The number of rotatable bonds is 4. The van der Waals surface area contributed by atoms with Crippen molar-refractivity contribution in [1.29, 1.82) is 0 Å². The van der Waals surface area contributed by atoms with E-state index in [9.17, 15) is 9.59 Å². The molecule has 1 amide bonds. The van der Waals surface area contributed by atoms with E-state index >= 15 is 0 Å². The van der Waals surface area contributed by atoms with Crippen molar-refractivity contribution in [2.45, 2.75) is 52.1 Å². The minimum atomic E-state index is -0.576. The van der Waals surface area contributed by atoms with Crippen molar-refractivity contribution in [1.82, 2.24) is 0 Å². The number of ether oxygens (including phenoxy) is 1. The lowest BCUT2D eigenvalue weighted by Gasteiger charge is -2.33. The summed E-state index contributed by atoms with van der Waals surface area (Å²) in [5, 5.41) is 0. The molecule has 0 aliphatic carbocycles. The van der Waals surface area contributed by atoms with Crippen LogP contribution in [0.25, 0.3) is 6.08 Å². The Balaban J connectivity index is 1.95. The summed E-state index contributed by atoms with van der Waals surface area (Å²) in [6, 6.07) is 15.8. The molecule has 2 aromatic carbocycles. The van der Waals surface area contributed by atoms with Crippen LogP contribution < -0.4 is 4.90 Å². The molecule has 4 nitrogen and oxygen atoms in total. The second-order valence-electron chi connectivity index (χ2n) is 8.47. The minimum Gasteiger partial charge on any atom is -0.456 e. The number of carbonyl (C=O) groups is 2. The van der Waals surface area contributed by atoms with Crippen LogP contribution in [0.3, 0.4) is 0 Å². The Morgan fingerprint density at radius 1 is 1.14 bits per heavy atom. The number of carbonyl (C=O) groups excluding carboxylic acids is 2. The largest absolute Gasteiger partial charge is 0.456 e. The van der Waals surface area contributed by atoms with Gasteiger partial charge in [-0.15, -0.1) is 0 Å². The predicted octanol–water partition coefficient (Wildman–Crippen LogP) is 5.59. The van der Waals surface area contributed by atoms with Gasteiger partial charge in [-0.05, 0) is 63.4 Å². The molecule has 1 unspecified atom stereocenters. The van der Waals surface area contributed by atoms with Crippen molar-refractivity contribution in [2.24, 2.45) is 0 Å². The van der Waals surface area contributed by atoms with Crippen LogP contribution in [0.5, 0.6) is 0 Å². The van der Waals surface area contributed by atoms with Gasteiger partial charge in [0.05, 0.1) is 5.56 Å². The van der Waals surface area contributed by atoms with Crippen molar-refractivity contribution in [3.8, 4) is 0 Å². The Labute approximate surface area is 173 Å². The van der Waals surface area contributed by atoms with Crippen molar-refractivity contribution in [3.05, 3.63) is 71.3 Å². The van der Waals surface area contributed by atoms with E-state index in [1.54, 1.807) is 12.1 Å². The molecule has 0 aromatic heterocycles. The molecule has 3 rings (SSSR count). The summed E-state index contributed by atoms with van der Waals surface area (Å²) < 4.78 is 5.55. The first-order chi connectivity index (χ1) is 13.8. The van der Waals surface area contributed by atoms with Crippen molar-refractivity contribution < 1.29 is 14.3 Å². The van der Waals surface area contributed by atoms with E-state index in [-0.39, 0.29) is 17.8 Å². The fraction of sp³-hybridized carbons (Fsp3) is 0.360. The third kappa shape index (κ3) is 5.35. The Morgan fingerprint density at radius 2 is 1.86 bits per heavy atom. The Morgan fingerprint density at radius 3 is 2.52 bits per heavy atom. The number of benzene rings is 2. The zero-order chi connectivity index (χ0) is 21.0. The zero-order valence-electron chi connectivity index (χ0n) is 17.6. The van der Waals surface area contributed by atoms with Crippen LogP contribution in [0.1, 0.15) is 67.9 Å². The summed E-state index contributed by atoms with van der Waals surface area (Å²) in [7, 11) is 0. The lowest BCUT2D eigenvalue weighted by molar-refractivity contribution is -0.119. The normalized spacial score (nSPS) is 17.6. The van der Waals surface area contributed by atoms with Gasteiger partial charge in [0.1, 0.15) is 5.60 Å². The van der Waals surface area contributed by atoms with Crippen LogP contribution in [0.15, 0.2) is 54.6 Å². The standard InChI is InChI=1S/C25H29NO3/c1-5-9-18-14-21(24(28)29-25(2,3)4)16-22(15-18)26-17-20(12-13-23(26)27)19-10-7-6-8-11-19/h5-11,14-16,20H,12-13,17H2,1-4H3/b9-5-. The number of amides is 1. The first kappa shape index (κ1) is 20.8. The number of allylic oxidation sites excluding steroid dienone is 1. The fourth-order valence-electron chi connectivity index (χ4n) is 3.63. The van der Waals surface area contributed by atoms with Gasteiger partial charge < -0.3 is 9.64 Å². The molecule has 2 aromatic rings. The number of anilines is 1. The average molecular weight is 392 g/mol. The first-order valence-electron chi connectivity index (χ1n) is 10.1. The molecule has 152 valence electrons. The molecule has 0 saturated carbocycles.